The molecule has 0 aliphatic carbocycles. The number of ether oxygens (including phenoxy) is 1. The molecule has 2 amide bonds. The Morgan fingerprint density at radius 3 is 1.96 bits per heavy atom. The number of nitrogens with zero attached hydrogens (tertiary/aromatic N) is 1. The number of amides is 2. The van der Waals surface area contributed by atoms with Crippen LogP contribution in [0.2, 0.25) is 5.02 Å². The van der Waals surface area contributed by atoms with Crippen LogP contribution in [-0.2, 0) is 9.59 Å². The van der Waals surface area contributed by atoms with Crippen LogP contribution >= 0.6 is 23.2 Å². The lowest BCUT2D eigenvalue weighted by Crippen LogP contribution is -2.31. The van der Waals surface area contributed by atoms with Gasteiger partial charge in [-0.05, 0) is 42.0 Å². The number of hydrogen-bond acceptors (Lipinski definition) is 3. The Hall–Kier alpha value is -2.51. The van der Waals surface area contributed by atoms with Crippen molar-refractivity contribution < 1.29 is 27.5 Å². The standard InChI is InChI=1S/C17H8Cl2F3NO3/c18-10-3-1-9(2-4-10)13-14(19)16(25)23(15(13)24)11-5-7-12(8-6-11)26-17(20,21)22/h1-8H. The molecule has 0 spiro atoms. The highest BCUT2D eigenvalue weighted by Crippen LogP contribution is 2.36. The Kier molecular flexibility index (Phi) is 4.68. The highest BCUT2D eigenvalue weighted by molar-refractivity contribution is 6.60. The Bertz CT molecular complexity index is 906. The summed E-state index contributed by atoms with van der Waals surface area (Å²) in [7, 11) is 0. The van der Waals surface area contributed by atoms with E-state index in [0.29, 0.717) is 10.6 Å². The normalized spacial score (nSPS) is 15.0. The van der Waals surface area contributed by atoms with Crippen LogP contribution < -0.4 is 9.64 Å². The molecular formula is C17H8Cl2F3NO3. The zero-order valence-corrected chi connectivity index (χ0v) is 14.2. The van der Waals surface area contributed by atoms with E-state index in [-0.39, 0.29) is 16.3 Å². The van der Waals surface area contributed by atoms with E-state index in [1.54, 1.807) is 0 Å². The molecule has 0 saturated heterocycles. The Morgan fingerprint density at radius 1 is 0.846 bits per heavy atom. The summed E-state index contributed by atoms with van der Waals surface area (Å²) in [5.74, 6) is -1.93. The van der Waals surface area contributed by atoms with Gasteiger partial charge in [-0.3, -0.25) is 9.59 Å². The van der Waals surface area contributed by atoms with Gasteiger partial charge in [0.15, 0.2) is 0 Å². The molecule has 0 bridgehead atoms. The molecule has 1 aliphatic rings. The quantitative estimate of drug-likeness (QED) is 0.696. The van der Waals surface area contributed by atoms with Gasteiger partial charge in [0.2, 0.25) is 0 Å². The molecule has 0 N–H and O–H groups in total. The molecular weight excluding hydrogens is 394 g/mol. The molecule has 0 fully saturated rings. The van der Waals surface area contributed by atoms with Crippen molar-refractivity contribution in [2.24, 2.45) is 0 Å². The molecule has 0 saturated carbocycles. The molecule has 4 nitrogen and oxygen atoms in total. The third-order valence-corrected chi connectivity index (χ3v) is 4.09. The van der Waals surface area contributed by atoms with Gasteiger partial charge in [0, 0.05) is 5.02 Å². The van der Waals surface area contributed by atoms with Crippen LogP contribution in [0.5, 0.6) is 5.75 Å². The van der Waals surface area contributed by atoms with E-state index in [2.05, 4.69) is 4.74 Å². The molecule has 1 aliphatic heterocycles. The predicted octanol–water partition coefficient (Wildman–Crippen LogP) is 4.76. The number of halogens is 5. The van der Waals surface area contributed by atoms with Crippen LogP contribution in [0, 0.1) is 0 Å². The van der Waals surface area contributed by atoms with Gasteiger partial charge in [-0.2, -0.15) is 0 Å². The summed E-state index contributed by atoms with van der Waals surface area (Å²) >= 11 is 11.8. The van der Waals surface area contributed by atoms with Crippen molar-refractivity contribution in [2.75, 3.05) is 4.90 Å². The van der Waals surface area contributed by atoms with Crippen LogP contribution in [0.25, 0.3) is 5.57 Å². The van der Waals surface area contributed by atoms with Gasteiger partial charge in [-0.25, -0.2) is 4.90 Å². The van der Waals surface area contributed by atoms with Gasteiger partial charge in [0.1, 0.15) is 10.8 Å². The second-order valence-electron chi connectivity index (χ2n) is 5.18. The lowest BCUT2D eigenvalue weighted by molar-refractivity contribution is -0.274. The Balaban J connectivity index is 1.90. The topological polar surface area (TPSA) is 46.6 Å². The minimum absolute atomic E-state index is 0.0102. The average Bonchev–Trinajstić information content (AvgIpc) is 2.78. The van der Waals surface area contributed by atoms with E-state index in [9.17, 15) is 22.8 Å². The first-order valence-corrected chi connectivity index (χ1v) is 7.83. The third-order valence-electron chi connectivity index (χ3n) is 3.49. The van der Waals surface area contributed by atoms with Crippen LogP contribution in [0.1, 0.15) is 5.56 Å². The number of imide groups is 1. The van der Waals surface area contributed by atoms with Gasteiger partial charge in [-0.1, -0.05) is 35.3 Å². The molecule has 9 heteroatoms. The van der Waals surface area contributed by atoms with Crippen molar-refractivity contribution in [3.63, 3.8) is 0 Å². The molecule has 0 atom stereocenters. The lowest BCUT2D eigenvalue weighted by atomic mass is 10.1. The molecule has 26 heavy (non-hydrogen) atoms. The summed E-state index contributed by atoms with van der Waals surface area (Å²) in [6.45, 7) is 0. The number of rotatable bonds is 3. The fourth-order valence-corrected chi connectivity index (χ4v) is 2.80. The van der Waals surface area contributed by atoms with Crippen LogP contribution in [-0.4, -0.2) is 18.2 Å². The molecule has 2 aromatic carbocycles. The fraction of sp³-hybridized carbons (Fsp3) is 0.0588. The Labute approximate surface area is 155 Å². The van der Waals surface area contributed by atoms with E-state index < -0.39 is 23.9 Å². The third kappa shape index (κ3) is 3.54. The van der Waals surface area contributed by atoms with Crippen molar-refractivity contribution in [1.82, 2.24) is 0 Å². The summed E-state index contributed by atoms with van der Waals surface area (Å²) in [5.41, 5.74) is 0.456. The number of anilines is 1. The lowest BCUT2D eigenvalue weighted by Gasteiger charge is -2.16. The molecule has 3 rings (SSSR count). The van der Waals surface area contributed by atoms with Crippen molar-refractivity contribution in [3.8, 4) is 5.75 Å². The van der Waals surface area contributed by atoms with E-state index >= 15 is 0 Å². The number of carbonyl (C=O) groups is 2. The van der Waals surface area contributed by atoms with Crippen LogP contribution in [0.4, 0.5) is 18.9 Å². The minimum atomic E-state index is -4.84. The second-order valence-corrected chi connectivity index (χ2v) is 6.00. The molecule has 0 unspecified atom stereocenters. The van der Waals surface area contributed by atoms with Gasteiger partial charge >= 0.3 is 6.36 Å². The van der Waals surface area contributed by atoms with E-state index in [4.69, 9.17) is 23.2 Å². The Morgan fingerprint density at radius 2 is 1.42 bits per heavy atom. The van der Waals surface area contributed by atoms with Gasteiger partial charge < -0.3 is 4.74 Å². The summed E-state index contributed by atoms with van der Waals surface area (Å²) in [5, 5.41) is 0.160. The van der Waals surface area contributed by atoms with Gasteiger partial charge in [-0.15, -0.1) is 13.2 Å². The summed E-state index contributed by atoms with van der Waals surface area (Å²) in [6, 6.07) is 10.5. The zero-order valence-electron chi connectivity index (χ0n) is 12.7. The van der Waals surface area contributed by atoms with E-state index in [1.807, 2.05) is 0 Å². The maximum absolute atomic E-state index is 12.6. The number of benzene rings is 2. The van der Waals surface area contributed by atoms with E-state index in [0.717, 1.165) is 29.2 Å². The fourth-order valence-electron chi connectivity index (χ4n) is 2.40. The SMILES string of the molecule is O=C1C(Cl)=C(c2ccc(Cl)cc2)C(=O)N1c1ccc(OC(F)(F)F)cc1. The maximum Gasteiger partial charge on any atom is 0.573 e. The summed E-state index contributed by atoms with van der Waals surface area (Å²) in [6.07, 6.45) is -4.84. The van der Waals surface area contributed by atoms with Crippen molar-refractivity contribution in [2.45, 2.75) is 6.36 Å². The largest absolute Gasteiger partial charge is 0.573 e. The first-order chi connectivity index (χ1) is 12.2. The molecule has 0 aromatic heterocycles. The summed E-state index contributed by atoms with van der Waals surface area (Å²) < 4.78 is 40.4. The first kappa shape index (κ1) is 18.3. The van der Waals surface area contributed by atoms with Crippen molar-refractivity contribution >= 4 is 46.3 Å². The monoisotopic (exact) mass is 401 g/mol. The maximum atomic E-state index is 12.6. The van der Waals surface area contributed by atoms with Crippen molar-refractivity contribution in [3.05, 3.63) is 64.1 Å². The minimum Gasteiger partial charge on any atom is -0.406 e. The number of carbonyl (C=O) groups excluding carboxylic acids is 2. The van der Waals surface area contributed by atoms with Crippen LogP contribution in [0.15, 0.2) is 53.6 Å². The van der Waals surface area contributed by atoms with Gasteiger partial charge in [0.25, 0.3) is 11.8 Å². The predicted molar refractivity (Wildman–Crippen MR) is 89.8 cm³/mol. The zero-order chi connectivity index (χ0) is 19.1. The highest BCUT2D eigenvalue weighted by atomic mass is 35.5. The first-order valence-electron chi connectivity index (χ1n) is 7.07. The van der Waals surface area contributed by atoms with Crippen molar-refractivity contribution in [1.29, 1.82) is 0 Å². The van der Waals surface area contributed by atoms with Gasteiger partial charge in [0.05, 0.1) is 11.3 Å². The summed E-state index contributed by atoms with van der Waals surface area (Å²) in [4.78, 5) is 25.8. The molecule has 134 valence electrons. The number of alkyl halides is 3. The highest BCUT2D eigenvalue weighted by Gasteiger charge is 2.39. The molecule has 2 aromatic rings. The second kappa shape index (κ2) is 6.66. The molecule has 0 radical (unpaired) electrons. The number of hydrogen-bond donors (Lipinski definition) is 0. The average molecular weight is 402 g/mol. The smallest absolute Gasteiger partial charge is 0.406 e. The van der Waals surface area contributed by atoms with E-state index in [1.165, 1.54) is 24.3 Å². The van der Waals surface area contributed by atoms with Crippen LogP contribution in [0.3, 0.4) is 0 Å². The molecule has 1 heterocycles.